The van der Waals surface area contributed by atoms with Crippen molar-refractivity contribution in [3.8, 4) is 0 Å². The van der Waals surface area contributed by atoms with Crippen molar-refractivity contribution in [2.45, 2.75) is 72.1 Å². The Bertz CT molecular complexity index is 1490. The standard InChI is InChI=1S/2C10H12N4O5S.H2O/c2*1-10(5-13-3-2-11-12-13)8(9(16)17)14-6(15)4-7(14)20(10,18)19;/h2*2-3,7-8H,4-5H2,1H3,(H,16,17);1H2/t2*7-,8+,10+;/m11./s1. The second kappa shape index (κ2) is 9.55. The largest absolute Gasteiger partial charge is 0.480 e. The molecule has 4 aliphatic rings. The zero-order valence-corrected chi connectivity index (χ0v) is 23.1. The van der Waals surface area contributed by atoms with E-state index in [-0.39, 0.29) is 31.4 Å². The zero-order chi connectivity index (χ0) is 29.4. The van der Waals surface area contributed by atoms with Gasteiger partial charge in [-0.25, -0.2) is 26.4 Å². The van der Waals surface area contributed by atoms with Gasteiger partial charge in [-0.2, -0.15) is 0 Å². The lowest BCUT2D eigenvalue weighted by molar-refractivity contribution is -0.157. The molecule has 0 aromatic carbocycles. The Hall–Kier alpha value is -3.98. The molecule has 2 amide bonds. The monoisotopic (exact) mass is 618 g/mol. The molecule has 41 heavy (non-hydrogen) atoms. The van der Waals surface area contributed by atoms with E-state index in [1.165, 1.54) is 48.0 Å². The number of nitrogens with zero attached hydrogens (tertiary/aromatic N) is 8. The maximum absolute atomic E-state index is 12.5. The van der Waals surface area contributed by atoms with Crippen molar-refractivity contribution in [1.82, 2.24) is 39.8 Å². The van der Waals surface area contributed by atoms with Crippen LogP contribution >= 0.6 is 0 Å². The van der Waals surface area contributed by atoms with Gasteiger partial charge in [0.25, 0.3) is 0 Å². The van der Waals surface area contributed by atoms with Crippen LogP contribution in [0.3, 0.4) is 0 Å². The Kier molecular flexibility index (Phi) is 6.98. The summed E-state index contributed by atoms with van der Waals surface area (Å²) in [6, 6.07) is -2.80. The Balaban J connectivity index is 0.000000184. The molecule has 21 heteroatoms. The van der Waals surface area contributed by atoms with Gasteiger partial charge in [-0.1, -0.05) is 10.4 Å². The van der Waals surface area contributed by atoms with Crippen LogP contribution in [0.2, 0.25) is 0 Å². The lowest BCUT2D eigenvalue weighted by Gasteiger charge is -2.35. The number of β-lactam (4-membered cyclic amide) rings is 2. The van der Waals surface area contributed by atoms with Crippen molar-refractivity contribution in [1.29, 1.82) is 0 Å². The van der Waals surface area contributed by atoms with Crippen LogP contribution in [-0.4, -0.2) is 128 Å². The molecular formula is C20H26N8O11S2. The molecule has 0 bridgehead atoms. The van der Waals surface area contributed by atoms with Gasteiger partial charge in [-0.15, -0.1) is 10.2 Å². The number of rotatable bonds is 6. The summed E-state index contributed by atoms with van der Waals surface area (Å²) in [7, 11) is -7.59. The van der Waals surface area contributed by atoms with Crippen molar-refractivity contribution in [2.75, 3.05) is 0 Å². The second-order valence-electron chi connectivity index (χ2n) is 10.3. The van der Waals surface area contributed by atoms with Gasteiger partial charge < -0.3 is 25.5 Å². The molecule has 6 atom stereocenters. The number of carbonyl (C=O) groups excluding carboxylic acids is 2. The summed E-state index contributed by atoms with van der Waals surface area (Å²) >= 11 is 0. The SMILES string of the molecule is C[C@]1(Cn2ccnn2)[C@H](C(=O)O)N2C(=O)C[C@H]2S1(=O)=O.C[C@]1(Cn2ccnn2)[C@H](C(=O)O)N2C(=O)C[C@H]2S1(=O)=O.O. The molecular weight excluding hydrogens is 592 g/mol. The minimum atomic E-state index is -3.80. The van der Waals surface area contributed by atoms with Crippen LogP contribution in [0.1, 0.15) is 26.7 Å². The summed E-state index contributed by atoms with van der Waals surface area (Å²) in [5.74, 6) is -3.56. The highest BCUT2D eigenvalue weighted by Crippen LogP contribution is 2.47. The summed E-state index contributed by atoms with van der Waals surface area (Å²) in [6.45, 7) is 2.36. The van der Waals surface area contributed by atoms with Gasteiger partial charge in [-0.3, -0.25) is 19.0 Å². The number of hydrogen-bond acceptors (Lipinski definition) is 12. The highest BCUT2D eigenvalue weighted by atomic mass is 32.2. The Morgan fingerprint density at radius 1 is 0.805 bits per heavy atom. The van der Waals surface area contributed by atoms with Crippen LogP contribution < -0.4 is 0 Å². The van der Waals surface area contributed by atoms with Crippen LogP contribution in [-0.2, 0) is 51.9 Å². The fraction of sp³-hybridized carbons (Fsp3) is 0.600. The third-order valence-electron chi connectivity index (χ3n) is 7.99. The van der Waals surface area contributed by atoms with Gasteiger partial charge in [0.2, 0.25) is 11.8 Å². The van der Waals surface area contributed by atoms with E-state index in [9.17, 15) is 46.2 Å². The fourth-order valence-electron chi connectivity index (χ4n) is 5.85. The molecule has 2 aromatic heterocycles. The smallest absolute Gasteiger partial charge is 0.328 e. The highest BCUT2D eigenvalue weighted by molar-refractivity contribution is 7.94. The number of aliphatic carboxylic acids is 2. The Morgan fingerprint density at radius 2 is 1.15 bits per heavy atom. The first-order valence-corrected chi connectivity index (χ1v) is 14.9. The van der Waals surface area contributed by atoms with Crippen LogP contribution in [0.4, 0.5) is 0 Å². The molecule has 19 nitrogen and oxygen atoms in total. The van der Waals surface area contributed by atoms with Crippen LogP contribution in [0.25, 0.3) is 0 Å². The van der Waals surface area contributed by atoms with Crippen LogP contribution in [0, 0.1) is 0 Å². The average Bonchev–Trinajstić information content (AvgIpc) is 3.59. The topological polar surface area (TPSA) is 276 Å². The molecule has 4 N–H and O–H groups in total. The fourth-order valence-corrected chi connectivity index (χ4v) is 10.6. The van der Waals surface area contributed by atoms with E-state index < -0.39 is 75.8 Å². The van der Waals surface area contributed by atoms with Crippen LogP contribution in [0.15, 0.2) is 24.8 Å². The zero-order valence-electron chi connectivity index (χ0n) is 21.5. The van der Waals surface area contributed by atoms with Crippen LogP contribution in [0.5, 0.6) is 0 Å². The summed E-state index contributed by atoms with van der Waals surface area (Å²) in [5.41, 5.74) is 0. The number of sulfone groups is 2. The van der Waals surface area contributed by atoms with Crippen molar-refractivity contribution in [3.63, 3.8) is 0 Å². The van der Waals surface area contributed by atoms with Gasteiger partial charge in [-0.05, 0) is 13.8 Å². The van der Waals surface area contributed by atoms with Crippen molar-refractivity contribution in [2.24, 2.45) is 0 Å². The van der Waals surface area contributed by atoms with E-state index >= 15 is 0 Å². The summed E-state index contributed by atoms with van der Waals surface area (Å²) in [6.07, 6.45) is 5.35. The number of hydrogen-bond donors (Lipinski definition) is 2. The first kappa shape index (κ1) is 30.0. The van der Waals surface area contributed by atoms with E-state index in [2.05, 4.69) is 20.6 Å². The maximum atomic E-state index is 12.5. The number of carboxylic acid groups (broad SMARTS) is 2. The minimum Gasteiger partial charge on any atom is -0.480 e. The molecule has 0 radical (unpaired) electrons. The van der Waals surface area contributed by atoms with Gasteiger partial charge in [0.1, 0.15) is 20.2 Å². The first-order valence-electron chi connectivity index (χ1n) is 11.8. The molecule has 4 aliphatic heterocycles. The number of carbonyl (C=O) groups is 4. The molecule has 4 fully saturated rings. The number of carboxylic acids is 2. The summed E-state index contributed by atoms with van der Waals surface area (Å²) in [5, 5.41) is 31.1. The van der Waals surface area contributed by atoms with Gasteiger partial charge in [0.05, 0.1) is 38.3 Å². The maximum Gasteiger partial charge on any atom is 0.328 e. The predicted octanol–water partition coefficient (Wildman–Crippen LogP) is -3.87. The van der Waals surface area contributed by atoms with Gasteiger partial charge in [0.15, 0.2) is 31.8 Å². The highest BCUT2D eigenvalue weighted by Gasteiger charge is 2.71. The predicted molar refractivity (Wildman–Crippen MR) is 132 cm³/mol. The molecule has 6 rings (SSSR count). The third kappa shape index (κ3) is 4.01. The first-order chi connectivity index (χ1) is 18.6. The molecule has 2 aromatic rings. The molecule has 0 spiro atoms. The van der Waals surface area contributed by atoms with E-state index in [1.54, 1.807) is 0 Å². The van der Waals surface area contributed by atoms with Crippen molar-refractivity contribution in [3.05, 3.63) is 24.8 Å². The minimum absolute atomic E-state index is 0. The molecule has 0 unspecified atom stereocenters. The average molecular weight is 619 g/mol. The van der Waals surface area contributed by atoms with Gasteiger partial charge >= 0.3 is 11.9 Å². The number of aromatic nitrogens is 6. The number of amides is 2. The molecule has 0 aliphatic carbocycles. The van der Waals surface area contributed by atoms with E-state index in [0.29, 0.717) is 0 Å². The van der Waals surface area contributed by atoms with Gasteiger partial charge in [0, 0.05) is 12.4 Å². The molecule has 224 valence electrons. The molecule has 4 saturated heterocycles. The third-order valence-corrected chi connectivity index (χ3v) is 13.5. The summed E-state index contributed by atoms with van der Waals surface area (Å²) < 4.78 is 49.5. The lowest BCUT2D eigenvalue weighted by Crippen LogP contribution is -2.58. The van der Waals surface area contributed by atoms with Crippen molar-refractivity contribution >= 4 is 43.4 Å². The van der Waals surface area contributed by atoms with E-state index in [0.717, 1.165) is 9.80 Å². The second-order valence-corrected chi connectivity index (χ2v) is 15.5. The van der Waals surface area contributed by atoms with E-state index in [4.69, 9.17) is 0 Å². The normalized spacial score (nSPS) is 33.8. The Labute approximate surface area is 231 Å². The molecule has 0 saturated carbocycles. The summed E-state index contributed by atoms with van der Waals surface area (Å²) in [4.78, 5) is 48.0. The quantitative estimate of drug-likeness (QED) is 0.293. The molecule has 6 heterocycles. The Morgan fingerprint density at radius 3 is 1.39 bits per heavy atom. The lowest BCUT2D eigenvalue weighted by atomic mass is 9.96. The van der Waals surface area contributed by atoms with E-state index in [1.807, 2.05) is 0 Å². The van der Waals surface area contributed by atoms with Crippen molar-refractivity contribution < 1.29 is 51.7 Å². The number of fused-ring (bicyclic) bond motifs is 2.